The van der Waals surface area contributed by atoms with E-state index in [9.17, 15) is 4.79 Å². The van der Waals surface area contributed by atoms with Gasteiger partial charge in [-0.2, -0.15) is 0 Å². The van der Waals surface area contributed by atoms with Gasteiger partial charge in [0.05, 0.1) is 6.10 Å². The van der Waals surface area contributed by atoms with E-state index in [4.69, 9.17) is 4.74 Å². The molecule has 0 aromatic heterocycles. The Morgan fingerprint density at radius 1 is 1.13 bits per heavy atom. The zero-order valence-corrected chi connectivity index (χ0v) is 20.7. The minimum atomic E-state index is 0. The predicted molar refractivity (Wildman–Crippen MR) is 137 cm³/mol. The number of rotatable bonds is 9. The number of amides is 1. The van der Waals surface area contributed by atoms with E-state index < -0.39 is 0 Å². The summed E-state index contributed by atoms with van der Waals surface area (Å²) < 4.78 is 5.91. The van der Waals surface area contributed by atoms with Crippen LogP contribution in [0, 0.1) is 0 Å². The zero-order chi connectivity index (χ0) is 21.2. The smallest absolute Gasteiger partial charge is 0.227 e. The average Bonchev–Trinajstić information content (AvgIpc) is 3.22. The summed E-state index contributed by atoms with van der Waals surface area (Å²) in [5.41, 5.74) is 3.32. The fraction of sp³-hybridized carbons (Fsp3) is 0.417. The van der Waals surface area contributed by atoms with Crippen LogP contribution in [0.4, 0.5) is 5.69 Å². The van der Waals surface area contributed by atoms with Gasteiger partial charge < -0.3 is 20.3 Å². The Bertz CT molecular complexity index is 827. The molecule has 1 aliphatic rings. The van der Waals surface area contributed by atoms with Crippen molar-refractivity contribution in [3.8, 4) is 0 Å². The van der Waals surface area contributed by atoms with Crippen LogP contribution >= 0.6 is 24.0 Å². The van der Waals surface area contributed by atoms with Gasteiger partial charge in [-0.15, -0.1) is 24.0 Å². The Hall–Kier alpha value is -2.13. The van der Waals surface area contributed by atoms with Crippen molar-refractivity contribution < 1.29 is 9.53 Å². The van der Waals surface area contributed by atoms with E-state index in [1.54, 1.807) is 7.05 Å². The molecule has 0 spiro atoms. The average molecular weight is 536 g/mol. The number of aliphatic imine (C=N–C) groups is 1. The Balaban J connectivity index is 0.00000341. The van der Waals surface area contributed by atoms with Crippen molar-refractivity contribution in [3.63, 3.8) is 0 Å². The maximum atomic E-state index is 11.9. The van der Waals surface area contributed by atoms with Crippen molar-refractivity contribution in [2.45, 2.75) is 38.8 Å². The highest BCUT2D eigenvalue weighted by molar-refractivity contribution is 14.0. The number of guanidine groups is 1. The summed E-state index contributed by atoms with van der Waals surface area (Å²) in [4.78, 5) is 18.0. The summed E-state index contributed by atoms with van der Waals surface area (Å²) in [6, 6.07) is 18.4. The van der Waals surface area contributed by atoms with Gasteiger partial charge in [0.2, 0.25) is 5.91 Å². The quantitative estimate of drug-likeness (QED) is 0.218. The van der Waals surface area contributed by atoms with Crippen LogP contribution in [0.5, 0.6) is 0 Å². The molecule has 1 atom stereocenters. The molecule has 0 bridgehead atoms. The van der Waals surface area contributed by atoms with Crippen LogP contribution in [0.25, 0.3) is 0 Å². The number of hydrogen-bond donors (Lipinski definition) is 2. The summed E-state index contributed by atoms with van der Waals surface area (Å²) in [7, 11) is 1.77. The maximum Gasteiger partial charge on any atom is 0.227 e. The second kappa shape index (κ2) is 13.3. The number of hydrogen-bond acceptors (Lipinski definition) is 3. The first kappa shape index (κ1) is 25.1. The molecule has 31 heavy (non-hydrogen) atoms. The van der Waals surface area contributed by atoms with Crippen LogP contribution in [-0.2, 0) is 16.1 Å². The number of benzene rings is 2. The first-order chi connectivity index (χ1) is 14.7. The first-order valence-electron chi connectivity index (χ1n) is 10.7. The lowest BCUT2D eigenvalue weighted by Crippen LogP contribution is -2.37. The monoisotopic (exact) mass is 536 g/mol. The van der Waals surface area contributed by atoms with Gasteiger partial charge in [0, 0.05) is 45.4 Å². The standard InChI is InChI=1S/C24H32N4O2.HI/c1-19(21-8-4-3-5-9-21)30-17-7-15-26-24(25-2)27-18-20-11-13-22(14-12-20)28-16-6-10-23(28)29;/h3-5,8-9,11-14,19H,6-7,10,15-18H2,1-2H3,(H2,25,26,27);1H. The first-order valence-corrected chi connectivity index (χ1v) is 10.7. The second-order valence-corrected chi connectivity index (χ2v) is 7.45. The molecule has 1 amide bonds. The molecule has 2 N–H and O–H groups in total. The highest BCUT2D eigenvalue weighted by Gasteiger charge is 2.21. The summed E-state index contributed by atoms with van der Waals surface area (Å²) in [6.07, 6.45) is 2.60. The van der Waals surface area contributed by atoms with Crippen LogP contribution in [0.1, 0.15) is 43.4 Å². The van der Waals surface area contributed by atoms with Crippen LogP contribution < -0.4 is 15.5 Å². The summed E-state index contributed by atoms with van der Waals surface area (Å²) in [6.45, 7) is 5.05. The summed E-state index contributed by atoms with van der Waals surface area (Å²) in [5.74, 6) is 0.984. The van der Waals surface area contributed by atoms with E-state index in [2.05, 4.69) is 46.8 Å². The molecule has 1 fully saturated rings. The van der Waals surface area contributed by atoms with E-state index >= 15 is 0 Å². The molecular formula is C24H33IN4O2. The lowest BCUT2D eigenvalue weighted by molar-refractivity contribution is -0.117. The van der Waals surface area contributed by atoms with E-state index in [0.717, 1.165) is 43.1 Å². The third kappa shape index (κ3) is 7.81. The van der Waals surface area contributed by atoms with Gasteiger partial charge in [-0.25, -0.2) is 0 Å². The number of anilines is 1. The van der Waals surface area contributed by atoms with Crippen molar-refractivity contribution >= 4 is 41.5 Å². The van der Waals surface area contributed by atoms with Gasteiger partial charge >= 0.3 is 0 Å². The number of carbonyl (C=O) groups is 1. The number of nitrogens with zero attached hydrogens (tertiary/aromatic N) is 2. The Labute approximate surface area is 202 Å². The van der Waals surface area contributed by atoms with Crippen LogP contribution in [0.15, 0.2) is 59.6 Å². The zero-order valence-electron chi connectivity index (χ0n) is 18.3. The molecule has 7 heteroatoms. The van der Waals surface area contributed by atoms with E-state index in [1.807, 2.05) is 35.2 Å². The third-order valence-electron chi connectivity index (χ3n) is 5.26. The molecule has 0 aliphatic carbocycles. The van der Waals surface area contributed by atoms with Crippen LogP contribution in [-0.4, -0.2) is 38.6 Å². The number of carbonyl (C=O) groups excluding carboxylic acids is 1. The molecule has 168 valence electrons. The second-order valence-electron chi connectivity index (χ2n) is 7.45. The van der Waals surface area contributed by atoms with E-state index in [-0.39, 0.29) is 36.0 Å². The van der Waals surface area contributed by atoms with Crippen molar-refractivity contribution in [2.75, 3.05) is 31.6 Å². The molecule has 1 aliphatic heterocycles. The number of ether oxygens (including phenoxy) is 1. The van der Waals surface area contributed by atoms with Crippen molar-refractivity contribution in [2.24, 2.45) is 4.99 Å². The normalized spacial score (nSPS) is 14.8. The fourth-order valence-electron chi connectivity index (χ4n) is 3.48. The molecule has 1 heterocycles. The lowest BCUT2D eigenvalue weighted by Gasteiger charge is -2.17. The minimum Gasteiger partial charge on any atom is -0.374 e. The predicted octanol–water partition coefficient (Wildman–Crippen LogP) is 4.26. The SMILES string of the molecule is CN=C(NCCCOC(C)c1ccccc1)NCc1ccc(N2CCCC2=O)cc1.I. The Morgan fingerprint density at radius 3 is 2.52 bits per heavy atom. The van der Waals surface area contributed by atoms with Crippen LogP contribution in [0.2, 0.25) is 0 Å². The molecule has 0 saturated carbocycles. The van der Waals surface area contributed by atoms with Gasteiger partial charge in [-0.3, -0.25) is 9.79 Å². The van der Waals surface area contributed by atoms with E-state index in [1.165, 1.54) is 5.56 Å². The maximum absolute atomic E-state index is 11.9. The van der Waals surface area contributed by atoms with Crippen molar-refractivity contribution in [1.82, 2.24) is 10.6 Å². The van der Waals surface area contributed by atoms with Gasteiger partial charge in [0.15, 0.2) is 5.96 Å². The van der Waals surface area contributed by atoms with Gasteiger partial charge in [0.25, 0.3) is 0 Å². The summed E-state index contributed by atoms with van der Waals surface area (Å²) in [5, 5.41) is 6.65. The Kier molecular flexibility index (Phi) is 10.8. The topological polar surface area (TPSA) is 66.0 Å². The molecule has 2 aromatic carbocycles. The molecule has 0 radical (unpaired) electrons. The molecule has 6 nitrogen and oxygen atoms in total. The molecule has 1 unspecified atom stereocenters. The highest BCUT2D eigenvalue weighted by atomic mass is 127. The highest BCUT2D eigenvalue weighted by Crippen LogP contribution is 2.21. The van der Waals surface area contributed by atoms with Gasteiger partial charge in [0.1, 0.15) is 0 Å². The minimum absolute atomic E-state index is 0. The molecule has 2 aromatic rings. The number of halogens is 1. The van der Waals surface area contributed by atoms with Crippen molar-refractivity contribution in [3.05, 3.63) is 65.7 Å². The molecular weight excluding hydrogens is 503 g/mol. The molecule has 1 saturated heterocycles. The lowest BCUT2D eigenvalue weighted by atomic mass is 10.1. The largest absolute Gasteiger partial charge is 0.374 e. The molecule has 3 rings (SSSR count). The van der Waals surface area contributed by atoms with Gasteiger partial charge in [-0.05, 0) is 43.0 Å². The van der Waals surface area contributed by atoms with E-state index in [0.29, 0.717) is 19.6 Å². The summed E-state index contributed by atoms with van der Waals surface area (Å²) >= 11 is 0. The fourth-order valence-corrected chi connectivity index (χ4v) is 3.48. The number of nitrogens with one attached hydrogen (secondary N) is 2. The van der Waals surface area contributed by atoms with Gasteiger partial charge in [-0.1, -0.05) is 42.5 Å². The Morgan fingerprint density at radius 2 is 1.87 bits per heavy atom. The third-order valence-corrected chi connectivity index (χ3v) is 5.26. The van der Waals surface area contributed by atoms with Crippen molar-refractivity contribution in [1.29, 1.82) is 0 Å². The van der Waals surface area contributed by atoms with Crippen LogP contribution in [0.3, 0.4) is 0 Å².